The van der Waals surface area contributed by atoms with Gasteiger partial charge in [0.25, 0.3) is 10.0 Å². The van der Waals surface area contributed by atoms with Crippen molar-refractivity contribution in [3.63, 3.8) is 0 Å². The number of benzene rings is 1. The lowest BCUT2D eigenvalue weighted by molar-refractivity contribution is -0.129. The molecule has 0 spiro atoms. The molecule has 4 fully saturated rings. The fourth-order valence-corrected chi connectivity index (χ4v) is 6.86. The zero-order valence-corrected chi connectivity index (χ0v) is 16.3. The fourth-order valence-electron chi connectivity index (χ4n) is 5.96. The number of hydrogen-bond donors (Lipinski definition) is 2. The molecule has 1 aromatic carbocycles. The lowest BCUT2D eigenvalue weighted by Gasteiger charge is -2.56. The summed E-state index contributed by atoms with van der Waals surface area (Å²) in [6.45, 7) is 1.38. The van der Waals surface area contributed by atoms with Gasteiger partial charge >= 0.3 is 0 Å². The quantitative estimate of drug-likeness (QED) is 0.577. The topological polar surface area (TPSA) is 92.3 Å². The van der Waals surface area contributed by atoms with Gasteiger partial charge in [-0.05, 0) is 80.8 Å². The van der Waals surface area contributed by atoms with E-state index in [0.717, 1.165) is 37.0 Å². The van der Waals surface area contributed by atoms with Crippen LogP contribution in [0, 0.1) is 23.2 Å². The highest BCUT2D eigenvalue weighted by atomic mass is 32.2. The molecule has 4 aliphatic rings. The third kappa shape index (κ3) is 3.80. The van der Waals surface area contributed by atoms with Gasteiger partial charge in [-0.1, -0.05) is 12.1 Å². The van der Waals surface area contributed by atoms with Crippen LogP contribution in [0.5, 0.6) is 0 Å². The molecule has 0 heterocycles. The Morgan fingerprint density at radius 2 is 1.67 bits per heavy atom. The Balaban J connectivity index is 1.39. The lowest BCUT2D eigenvalue weighted by atomic mass is 9.49. The molecule has 4 bridgehead atoms. The minimum Gasteiger partial charge on any atom is -0.295 e. The summed E-state index contributed by atoms with van der Waals surface area (Å²) < 4.78 is 24.9. The maximum Gasteiger partial charge on any atom is 0.257 e. The third-order valence-electron chi connectivity index (χ3n) is 6.58. The molecule has 5 rings (SSSR count). The van der Waals surface area contributed by atoms with E-state index in [1.54, 1.807) is 6.07 Å². The zero-order chi connectivity index (χ0) is 19.2. The number of Topliss-reactive ketones (excluding diaryl/α,β-unsaturated/α-hetero) is 1. The first kappa shape index (κ1) is 18.6. The Morgan fingerprint density at radius 1 is 1.07 bits per heavy atom. The molecule has 0 aromatic heterocycles. The van der Waals surface area contributed by atoms with Crippen LogP contribution in [0.25, 0.3) is 0 Å². The van der Waals surface area contributed by atoms with Gasteiger partial charge in [0.15, 0.2) is 5.78 Å². The largest absolute Gasteiger partial charge is 0.295 e. The van der Waals surface area contributed by atoms with Crippen LogP contribution in [0.3, 0.4) is 0 Å². The van der Waals surface area contributed by atoms with Crippen molar-refractivity contribution in [2.45, 2.75) is 56.8 Å². The SMILES string of the molecule is CC(=O)c1cccc(S(=O)(=O)NNC(=O)CC23CC4CC(CC(C4)C2)C3)c1. The summed E-state index contributed by atoms with van der Waals surface area (Å²) in [6, 6.07) is 5.80. The normalized spacial score (nSPS) is 31.7. The molecule has 146 valence electrons. The summed E-state index contributed by atoms with van der Waals surface area (Å²) in [5, 5.41) is 0. The van der Waals surface area contributed by atoms with E-state index >= 15 is 0 Å². The summed E-state index contributed by atoms with van der Waals surface area (Å²) in [7, 11) is -3.91. The number of rotatable bonds is 6. The molecule has 1 aromatic rings. The second kappa shape index (κ2) is 6.71. The third-order valence-corrected chi connectivity index (χ3v) is 7.82. The Bertz CT molecular complexity index is 842. The standard InChI is InChI=1S/C20H26N2O4S/c1-13(23)17-3-2-4-18(8-17)27(25,26)22-21-19(24)12-20-9-14-5-15(10-20)7-16(6-14)11-20/h2-4,8,14-16,22H,5-7,9-12H2,1H3,(H,21,24). The van der Waals surface area contributed by atoms with Crippen LogP contribution in [0.1, 0.15) is 62.2 Å². The average molecular weight is 391 g/mol. The molecule has 0 aliphatic heterocycles. The predicted octanol–water partition coefficient (Wildman–Crippen LogP) is 2.81. The number of sulfonamides is 1. The van der Waals surface area contributed by atoms with Gasteiger partial charge in [-0.3, -0.25) is 15.0 Å². The van der Waals surface area contributed by atoms with E-state index in [1.807, 2.05) is 0 Å². The van der Waals surface area contributed by atoms with Crippen LogP contribution in [-0.2, 0) is 14.8 Å². The maximum atomic E-state index is 12.5. The molecule has 6 nitrogen and oxygen atoms in total. The van der Waals surface area contributed by atoms with E-state index < -0.39 is 10.0 Å². The number of hydrazine groups is 1. The molecule has 27 heavy (non-hydrogen) atoms. The van der Waals surface area contributed by atoms with Crippen molar-refractivity contribution in [1.29, 1.82) is 0 Å². The Kier molecular flexibility index (Phi) is 4.63. The molecular weight excluding hydrogens is 364 g/mol. The van der Waals surface area contributed by atoms with Gasteiger partial charge in [-0.15, -0.1) is 4.83 Å². The molecule has 7 heteroatoms. The highest BCUT2D eigenvalue weighted by Gasteiger charge is 2.51. The molecule has 0 unspecified atom stereocenters. The fraction of sp³-hybridized carbons (Fsp3) is 0.600. The summed E-state index contributed by atoms with van der Waals surface area (Å²) in [5.74, 6) is 1.75. The highest BCUT2D eigenvalue weighted by molar-refractivity contribution is 7.89. The van der Waals surface area contributed by atoms with E-state index in [4.69, 9.17) is 0 Å². The van der Waals surface area contributed by atoms with Gasteiger partial charge in [-0.25, -0.2) is 8.42 Å². The Hall–Kier alpha value is -1.73. The van der Waals surface area contributed by atoms with E-state index in [0.29, 0.717) is 12.0 Å². The molecule has 1 amide bonds. The number of amides is 1. The molecule has 4 saturated carbocycles. The van der Waals surface area contributed by atoms with Crippen molar-refractivity contribution < 1.29 is 18.0 Å². The first-order chi connectivity index (χ1) is 12.7. The van der Waals surface area contributed by atoms with Crippen LogP contribution in [0.4, 0.5) is 0 Å². The van der Waals surface area contributed by atoms with Crippen molar-refractivity contribution in [3.8, 4) is 0 Å². The molecule has 2 N–H and O–H groups in total. The smallest absolute Gasteiger partial charge is 0.257 e. The van der Waals surface area contributed by atoms with Crippen LogP contribution >= 0.6 is 0 Å². The maximum absolute atomic E-state index is 12.5. The van der Waals surface area contributed by atoms with E-state index in [1.165, 1.54) is 44.4 Å². The predicted molar refractivity (Wildman–Crippen MR) is 100 cm³/mol. The Labute approximate surface area is 160 Å². The van der Waals surface area contributed by atoms with Crippen LogP contribution in [-0.4, -0.2) is 20.1 Å². The summed E-state index contributed by atoms with van der Waals surface area (Å²) >= 11 is 0. The van der Waals surface area contributed by atoms with Gasteiger partial charge in [-0.2, -0.15) is 0 Å². The van der Waals surface area contributed by atoms with Crippen molar-refractivity contribution in [2.75, 3.05) is 0 Å². The van der Waals surface area contributed by atoms with Gasteiger partial charge < -0.3 is 0 Å². The number of hydrogen-bond acceptors (Lipinski definition) is 4. The minimum atomic E-state index is -3.91. The van der Waals surface area contributed by atoms with Crippen LogP contribution in [0.15, 0.2) is 29.2 Å². The highest BCUT2D eigenvalue weighted by Crippen LogP contribution is 2.61. The molecular formula is C20H26N2O4S. The number of carbonyl (C=O) groups is 2. The summed E-state index contributed by atoms with van der Waals surface area (Å²) in [5.41, 5.74) is 2.76. The van der Waals surface area contributed by atoms with Gasteiger partial charge in [0, 0.05) is 12.0 Å². The zero-order valence-electron chi connectivity index (χ0n) is 15.5. The van der Waals surface area contributed by atoms with Crippen LogP contribution < -0.4 is 10.3 Å². The molecule has 0 saturated heterocycles. The van der Waals surface area contributed by atoms with Gasteiger partial charge in [0.1, 0.15) is 0 Å². The van der Waals surface area contributed by atoms with Gasteiger partial charge in [0.2, 0.25) is 5.91 Å². The first-order valence-electron chi connectivity index (χ1n) is 9.66. The molecule has 0 atom stereocenters. The Morgan fingerprint density at radius 3 is 2.22 bits per heavy atom. The van der Waals surface area contributed by atoms with Gasteiger partial charge in [0.05, 0.1) is 4.90 Å². The van der Waals surface area contributed by atoms with E-state index in [2.05, 4.69) is 10.3 Å². The van der Waals surface area contributed by atoms with Crippen molar-refractivity contribution >= 4 is 21.7 Å². The van der Waals surface area contributed by atoms with Crippen molar-refractivity contribution in [1.82, 2.24) is 10.3 Å². The first-order valence-corrected chi connectivity index (χ1v) is 11.1. The molecule has 4 aliphatic carbocycles. The summed E-state index contributed by atoms with van der Waals surface area (Å²) in [4.78, 5) is 26.1. The molecule has 0 radical (unpaired) electrons. The minimum absolute atomic E-state index is 0.0368. The second-order valence-electron chi connectivity index (χ2n) is 8.83. The van der Waals surface area contributed by atoms with E-state index in [9.17, 15) is 18.0 Å². The van der Waals surface area contributed by atoms with Crippen LogP contribution in [0.2, 0.25) is 0 Å². The number of nitrogens with one attached hydrogen (secondary N) is 2. The summed E-state index contributed by atoms with van der Waals surface area (Å²) in [6.07, 6.45) is 7.59. The van der Waals surface area contributed by atoms with E-state index in [-0.39, 0.29) is 22.0 Å². The van der Waals surface area contributed by atoms with Crippen molar-refractivity contribution in [2.24, 2.45) is 23.2 Å². The average Bonchev–Trinajstić information content (AvgIpc) is 2.58. The number of ketones is 1. The monoisotopic (exact) mass is 390 g/mol. The number of carbonyl (C=O) groups excluding carboxylic acids is 2. The second-order valence-corrected chi connectivity index (χ2v) is 10.5. The van der Waals surface area contributed by atoms with Crippen molar-refractivity contribution in [3.05, 3.63) is 29.8 Å². The lowest BCUT2D eigenvalue weighted by Crippen LogP contribution is -2.50.